The smallest absolute Gasteiger partial charge is 0.120 e. The molecule has 1 heterocycles. The molecule has 1 fully saturated rings. The number of aromatic hydroxyl groups is 1. The van der Waals surface area contributed by atoms with Crippen LogP contribution >= 0.6 is 0 Å². The Morgan fingerprint density at radius 3 is 2.82 bits per heavy atom. The van der Waals surface area contributed by atoms with E-state index >= 15 is 0 Å². The van der Waals surface area contributed by atoms with E-state index in [9.17, 15) is 5.11 Å². The maximum Gasteiger partial charge on any atom is 0.120 e. The molecule has 0 amide bonds. The van der Waals surface area contributed by atoms with Gasteiger partial charge >= 0.3 is 0 Å². The van der Waals surface area contributed by atoms with E-state index in [1.807, 2.05) is 12.1 Å². The second-order valence-electron chi connectivity index (χ2n) is 5.58. The molecule has 2 unspecified atom stereocenters. The number of hydrogen-bond donors (Lipinski definition) is 1. The molecular formula is C15H23NO. The van der Waals surface area contributed by atoms with Crippen LogP contribution in [0.1, 0.15) is 37.8 Å². The second-order valence-corrected chi connectivity index (χ2v) is 5.58. The molecule has 2 heteroatoms. The van der Waals surface area contributed by atoms with E-state index < -0.39 is 0 Å². The summed E-state index contributed by atoms with van der Waals surface area (Å²) >= 11 is 0. The van der Waals surface area contributed by atoms with E-state index in [-0.39, 0.29) is 0 Å². The molecule has 0 spiro atoms. The first kappa shape index (κ1) is 12.4. The van der Waals surface area contributed by atoms with Crippen molar-refractivity contribution in [3.8, 4) is 5.75 Å². The summed E-state index contributed by atoms with van der Waals surface area (Å²) in [5.41, 5.74) is 2.28. The fraction of sp³-hybridized carbons (Fsp3) is 0.600. The van der Waals surface area contributed by atoms with Gasteiger partial charge in [0.1, 0.15) is 5.75 Å². The molecule has 0 radical (unpaired) electrons. The molecule has 1 saturated heterocycles. The Labute approximate surface area is 104 Å². The number of phenolic OH excluding ortho intramolecular Hbond substituents is 1. The normalized spacial score (nSPS) is 26.1. The van der Waals surface area contributed by atoms with Gasteiger partial charge in [-0.2, -0.15) is 0 Å². The largest absolute Gasteiger partial charge is 0.508 e. The van der Waals surface area contributed by atoms with Crippen molar-refractivity contribution in [2.75, 3.05) is 6.54 Å². The van der Waals surface area contributed by atoms with Gasteiger partial charge in [-0.1, -0.05) is 24.6 Å². The lowest BCUT2D eigenvalue weighted by Crippen LogP contribution is -2.39. The van der Waals surface area contributed by atoms with Crippen LogP contribution in [-0.2, 0) is 6.54 Å². The standard InChI is InChI=1S/C15H23NO/c1-11-4-5-15(17)14(9-11)10-16-7-6-12(2)8-13(16)3/h4-5,9,12-13,17H,6-8,10H2,1-3H3. The highest BCUT2D eigenvalue weighted by Gasteiger charge is 2.23. The van der Waals surface area contributed by atoms with Crippen LogP contribution in [0.2, 0.25) is 0 Å². The van der Waals surface area contributed by atoms with Crippen molar-refractivity contribution in [2.24, 2.45) is 5.92 Å². The van der Waals surface area contributed by atoms with Crippen LogP contribution in [0.15, 0.2) is 18.2 Å². The topological polar surface area (TPSA) is 23.5 Å². The molecule has 0 aromatic heterocycles. The first-order valence-corrected chi connectivity index (χ1v) is 6.59. The zero-order chi connectivity index (χ0) is 12.4. The van der Waals surface area contributed by atoms with Crippen molar-refractivity contribution in [1.82, 2.24) is 4.90 Å². The van der Waals surface area contributed by atoms with Crippen LogP contribution in [0.3, 0.4) is 0 Å². The quantitative estimate of drug-likeness (QED) is 0.847. The van der Waals surface area contributed by atoms with Gasteiger partial charge in [0, 0.05) is 18.2 Å². The first-order valence-electron chi connectivity index (χ1n) is 6.59. The molecule has 2 rings (SSSR count). The van der Waals surface area contributed by atoms with Gasteiger partial charge in [0.25, 0.3) is 0 Å². The molecule has 1 aromatic rings. The fourth-order valence-corrected chi connectivity index (χ4v) is 2.75. The number of piperidine rings is 1. The summed E-state index contributed by atoms with van der Waals surface area (Å²) in [6, 6.07) is 6.49. The van der Waals surface area contributed by atoms with Crippen molar-refractivity contribution in [1.29, 1.82) is 0 Å². The van der Waals surface area contributed by atoms with Crippen molar-refractivity contribution < 1.29 is 5.11 Å². The Balaban J connectivity index is 2.07. The number of hydrogen-bond acceptors (Lipinski definition) is 2. The summed E-state index contributed by atoms with van der Waals surface area (Å²) in [4.78, 5) is 2.48. The van der Waals surface area contributed by atoms with Crippen LogP contribution in [0.25, 0.3) is 0 Å². The van der Waals surface area contributed by atoms with Gasteiger partial charge in [0.05, 0.1) is 0 Å². The zero-order valence-corrected chi connectivity index (χ0v) is 11.1. The van der Waals surface area contributed by atoms with Gasteiger partial charge in [-0.25, -0.2) is 0 Å². The number of phenols is 1. The lowest BCUT2D eigenvalue weighted by Gasteiger charge is -2.36. The minimum atomic E-state index is 0.432. The molecular weight excluding hydrogens is 210 g/mol. The Bertz CT molecular complexity index is 389. The van der Waals surface area contributed by atoms with Crippen LogP contribution in [0.5, 0.6) is 5.75 Å². The van der Waals surface area contributed by atoms with Crippen LogP contribution in [0.4, 0.5) is 0 Å². The Morgan fingerprint density at radius 1 is 1.35 bits per heavy atom. The van der Waals surface area contributed by atoms with Gasteiger partial charge in [-0.05, 0) is 45.2 Å². The highest BCUT2D eigenvalue weighted by atomic mass is 16.3. The van der Waals surface area contributed by atoms with E-state index in [1.165, 1.54) is 18.4 Å². The molecule has 1 aliphatic rings. The van der Waals surface area contributed by atoms with Crippen molar-refractivity contribution in [2.45, 2.75) is 46.2 Å². The number of nitrogens with zero attached hydrogens (tertiary/aromatic N) is 1. The maximum atomic E-state index is 9.88. The number of likely N-dealkylation sites (tertiary alicyclic amines) is 1. The molecule has 17 heavy (non-hydrogen) atoms. The lowest BCUT2D eigenvalue weighted by atomic mass is 9.93. The third-order valence-electron chi connectivity index (χ3n) is 3.88. The molecule has 1 N–H and O–H groups in total. The highest BCUT2D eigenvalue weighted by Crippen LogP contribution is 2.26. The SMILES string of the molecule is Cc1ccc(O)c(CN2CCC(C)CC2C)c1. The zero-order valence-electron chi connectivity index (χ0n) is 11.1. The summed E-state index contributed by atoms with van der Waals surface area (Å²) in [5.74, 6) is 1.27. The Kier molecular flexibility index (Phi) is 3.72. The average molecular weight is 233 g/mol. The summed E-state index contributed by atoms with van der Waals surface area (Å²) in [5, 5.41) is 9.88. The summed E-state index contributed by atoms with van der Waals surface area (Å²) in [7, 11) is 0. The third-order valence-corrected chi connectivity index (χ3v) is 3.88. The predicted molar refractivity (Wildman–Crippen MR) is 71.1 cm³/mol. The molecule has 1 aliphatic heterocycles. The molecule has 2 atom stereocenters. The van der Waals surface area contributed by atoms with E-state index in [2.05, 4.69) is 31.7 Å². The molecule has 0 saturated carbocycles. The molecule has 0 bridgehead atoms. The fourth-order valence-electron chi connectivity index (χ4n) is 2.75. The summed E-state index contributed by atoms with van der Waals surface area (Å²) < 4.78 is 0. The van der Waals surface area contributed by atoms with E-state index in [0.29, 0.717) is 11.8 Å². The van der Waals surface area contributed by atoms with Crippen LogP contribution in [-0.4, -0.2) is 22.6 Å². The van der Waals surface area contributed by atoms with E-state index in [0.717, 1.165) is 24.6 Å². The Hall–Kier alpha value is -1.02. The minimum Gasteiger partial charge on any atom is -0.508 e. The van der Waals surface area contributed by atoms with Gasteiger partial charge < -0.3 is 5.11 Å². The van der Waals surface area contributed by atoms with Gasteiger partial charge in [-0.3, -0.25) is 4.90 Å². The average Bonchev–Trinajstić information content (AvgIpc) is 2.27. The lowest BCUT2D eigenvalue weighted by molar-refractivity contribution is 0.121. The van der Waals surface area contributed by atoms with Gasteiger partial charge in [0.15, 0.2) is 0 Å². The minimum absolute atomic E-state index is 0.432. The number of aryl methyl sites for hydroxylation is 1. The third kappa shape index (κ3) is 3.01. The van der Waals surface area contributed by atoms with Crippen LogP contribution in [0, 0.1) is 12.8 Å². The van der Waals surface area contributed by atoms with Crippen LogP contribution < -0.4 is 0 Å². The van der Waals surface area contributed by atoms with E-state index in [4.69, 9.17) is 0 Å². The summed E-state index contributed by atoms with van der Waals surface area (Å²) in [6.45, 7) is 8.72. The van der Waals surface area contributed by atoms with E-state index in [1.54, 1.807) is 0 Å². The van der Waals surface area contributed by atoms with Crippen molar-refractivity contribution in [3.05, 3.63) is 29.3 Å². The van der Waals surface area contributed by atoms with Gasteiger partial charge in [0.2, 0.25) is 0 Å². The van der Waals surface area contributed by atoms with Crippen molar-refractivity contribution >= 4 is 0 Å². The second kappa shape index (κ2) is 5.09. The maximum absolute atomic E-state index is 9.88. The number of benzene rings is 1. The predicted octanol–water partition coefficient (Wildman–Crippen LogP) is 3.32. The Morgan fingerprint density at radius 2 is 2.12 bits per heavy atom. The first-order chi connectivity index (χ1) is 8.06. The monoisotopic (exact) mass is 233 g/mol. The molecule has 94 valence electrons. The molecule has 1 aromatic carbocycles. The number of rotatable bonds is 2. The van der Waals surface area contributed by atoms with Crippen molar-refractivity contribution in [3.63, 3.8) is 0 Å². The summed E-state index contributed by atoms with van der Waals surface area (Å²) in [6.07, 6.45) is 2.55. The highest BCUT2D eigenvalue weighted by molar-refractivity contribution is 5.35. The molecule has 0 aliphatic carbocycles. The molecule has 2 nitrogen and oxygen atoms in total. The van der Waals surface area contributed by atoms with Gasteiger partial charge in [-0.15, -0.1) is 0 Å².